The van der Waals surface area contributed by atoms with Crippen molar-refractivity contribution in [3.63, 3.8) is 0 Å². The minimum absolute atomic E-state index is 0.0634. The average molecular weight is 416 g/mol. The van der Waals surface area contributed by atoms with Crippen molar-refractivity contribution in [1.82, 2.24) is 9.88 Å². The molecule has 0 saturated carbocycles. The fraction of sp³-hybridized carbons (Fsp3) is 0.261. The highest BCUT2D eigenvalue weighted by Gasteiger charge is 2.30. The Balaban J connectivity index is 2.06. The van der Waals surface area contributed by atoms with E-state index in [0.717, 1.165) is 23.0 Å². The molecule has 0 fully saturated rings. The first-order valence-electron chi connectivity index (χ1n) is 9.53. The number of aromatic nitrogens is 1. The number of hydrogen-bond acceptors (Lipinski definition) is 2. The number of ether oxygens (including phenoxy) is 1. The van der Waals surface area contributed by atoms with E-state index < -0.39 is 11.7 Å². The van der Waals surface area contributed by atoms with Crippen LogP contribution in [0, 0.1) is 0 Å². The first-order valence-corrected chi connectivity index (χ1v) is 9.53. The highest BCUT2D eigenvalue weighted by atomic mass is 19.4. The van der Waals surface area contributed by atoms with Crippen molar-refractivity contribution in [3.8, 4) is 5.75 Å². The van der Waals surface area contributed by atoms with Crippen molar-refractivity contribution in [2.24, 2.45) is 0 Å². The number of hydrogen-bond donors (Lipinski definition) is 1. The minimum atomic E-state index is -4.39. The second-order valence-corrected chi connectivity index (χ2v) is 7.23. The van der Waals surface area contributed by atoms with E-state index >= 15 is 0 Å². The molecular formula is C23H23F3N2O2. The lowest BCUT2D eigenvalue weighted by atomic mass is 10.1. The lowest BCUT2D eigenvalue weighted by Gasteiger charge is -2.14. The number of carbonyl (C=O) groups is 1. The summed E-state index contributed by atoms with van der Waals surface area (Å²) in [5.41, 5.74) is 1.11. The predicted molar refractivity (Wildman–Crippen MR) is 111 cm³/mol. The fourth-order valence-corrected chi connectivity index (χ4v) is 3.21. The summed E-state index contributed by atoms with van der Waals surface area (Å²) in [6.07, 6.45) is -2.76. The summed E-state index contributed by atoms with van der Waals surface area (Å²) < 4.78 is 46.1. The zero-order chi connectivity index (χ0) is 21.9. The molecule has 7 heteroatoms. The molecule has 1 amide bonds. The van der Waals surface area contributed by atoms with Gasteiger partial charge in [-0.2, -0.15) is 13.2 Å². The van der Waals surface area contributed by atoms with E-state index in [0.29, 0.717) is 23.6 Å². The zero-order valence-electron chi connectivity index (χ0n) is 16.8. The van der Waals surface area contributed by atoms with Crippen molar-refractivity contribution in [3.05, 3.63) is 78.0 Å². The lowest BCUT2D eigenvalue weighted by molar-refractivity contribution is -0.137. The number of benzene rings is 2. The van der Waals surface area contributed by atoms with E-state index in [1.807, 2.05) is 26.0 Å². The Morgan fingerprint density at radius 1 is 1.20 bits per heavy atom. The summed E-state index contributed by atoms with van der Waals surface area (Å²) in [5, 5.41) is 3.62. The van der Waals surface area contributed by atoms with E-state index in [9.17, 15) is 18.0 Å². The van der Waals surface area contributed by atoms with E-state index in [4.69, 9.17) is 4.74 Å². The third kappa shape index (κ3) is 4.67. The highest BCUT2D eigenvalue weighted by molar-refractivity contribution is 6.00. The number of nitrogens with zero attached hydrogens (tertiary/aromatic N) is 1. The van der Waals surface area contributed by atoms with Crippen LogP contribution in [0.5, 0.6) is 5.75 Å². The summed E-state index contributed by atoms with van der Waals surface area (Å²) in [5.74, 6) is 0.347. The second-order valence-electron chi connectivity index (χ2n) is 7.23. The van der Waals surface area contributed by atoms with Gasteiger partial charge < -0.3 is 14.6 Å². The number of carbonyl (C=O) groups excluding carboxylic acids is 1. The summed E-state index contributed by atoms with van der Waals surface area (Å²) in [7, 11) is 0. The third-order valence-corrected chi connectivity index (χ3v) is 4.54. The monoisotopic (exact) mass is 416 g/mol. The van der Waals surface area contributed by atoms with Crippen molar-refractivity contribution in [2.45, 2.75) is 32.6 Å². The Bertz CT molecular complexity index is 1050. The molecule has 0 unspecified atom stereocenters. The Hall–Kier alpha value is -3.22. The number of fused-ring (bicyclic) bond motifs is 1. The Kier molecular flexibility index (Phi) is 6.20. The van der Waals surface area contributed by atoms with Crippen LogP contribution in [-0.2, 0) is 12.7 Å². The quantitative estimate of drug-likeness (QED) is 0.523. The molecule has 0 aliphatic heterocycles. The number of nitrogens with one attached hydrogen (secondary N) is 1. The van der Waals surface area contributed by atoms with Gasteiger partial charge in [0.15, 0.2) is 0 Å². The molecule has 3 aromatic rings. The van der Waals surface area contributed by atoms with Crippen LogP contribution in [0.4, 0.5) is 13.2 Å². The molecule has 30 heavy (non-hydrogen) atoms. The second kappa shape index (κ2) is 8.65. The maximum atomic E-state index is 12.9. The van der Waals surface area contributed by atoms with E-state index in [1.54, 1.807) is 22.8 Å². The molecule has 0 atom stereocenters. The molecule has 0 saturated heterocycles. The largest absolute Gasteiger partial charge is 0.489 e. The summed E-state index contributed by atoms with van der Waals surface area (Å²) in [4.78, 5) is 12.8. The average Bonchev–Trinajstić information content (AvgIpc) is 3.05. The van der Waals surface area contributed by atoms with Gasteiger partial charge >= 0.3 is 6.18 Å². The maximum absolute atomic E-state index is 12.9. The van der Waals surface area contributed by atoms with E-state index in [2.05, 4.69) is 11.9 Å². The standard InChI is InChI=1S/C23H23F3N2O2/c1-4-12-30-21-7-5-6-19-18(21)13-20(22(29)27-15(2)3)28(19)14-16-8-10-17(11-9-16)23(24,25)26/h4-11,13,15H,1,12,14H2,2-3H3,(H,27,29). The summed E-state index contributed by atoms with van der Waals surface area (Å²) in [6, 6.07) is 12.1. The summed E-state index contributed by atoms with van der Waals surface area (Å²) in [6.45, 7) is 7.93. The molecule has 1 heterocycles. The van der Waals surface area contributed by atoms with Crippen LogP contribution in [0.3, 0.4) is 0 Å². The number of halogens is 3. The molecule has 158 valence electrons. The Morgan fingerprint density at radius 3 is 2.50 bits per heavy atom. The van der Waals surface area contributed by atoms with Gasteiger partial charge in [-0.3, -0.25) is 4.79 Å². The summed E-state index contributed by atoms with van der Waals surface area (Å²) >= 11 is 0. The number of alkyl halides is 3. The van der Waals surface area contributed by atoms with Gasteiger partial charge in [0.2, 0.25) is 0 Å². The molecule has 4 nitrogen and oxygen atoms in total. The Labute approximate surface area is 173 Å². The normalized spacial score (nSPS) is 11.7. The van der Waals surface area contributed by atoms with Crippen LogP contribution in [0.25, 0.3) is 10.9 Å². The zero-order valence-corrected chi connectivity index (χ0v) is 16.8. The van der Waals surface area contributed by atoms with Crippen molar-refractivity contribution in [2.75, 3.05) is 6.61 Å². The minimum Gasteiger partial charge on any atom is -0.489 e. The van der Waals surface area contributed by atoms with Gasteiger partial charge in [-0.05, 0) is 49.7 Å². The van der Waals surface area contributed by atoms with Gasteiger partial charge in [-0.25, -0.2) is 0 Å². The molecule has 1 aromatic heterocycles. The molecule has 0 aliphatic rings. The Morgan fingerprint density at radius 2 is 1.90 bits per heavy atom. The van der Waals surface area contributed by atoms with E-state index in [-0.39, 0.29) is 18.5 Å². The van der Waals surface area contributed by atoms with Crippen LogP contribution >= 0.6 is 0 Å². The van der Waals surface area contributed by atoms with Gasteiger partial charge in [0.05, 0.1) is 11.1 Å². The van der Waals surface area contributed by atoms with Crippen molar-refractivity contribution < 1.29 is 22.7 Å². The smallest absolute Gasteiger partial charge is 0.416 e. The van der Waals surface area contributed by atoms with Gasteiger partial charge in [-0.15, -0.1) is 0 Å². The highest BCUT2D eigenvalue weighted by Crippen LogP contribution is 2.31. The molecule has 0 aliphatic carbocycles. The van der Waals surface area contributed by atoms with Gasteiger partial charge in [-0.1, -0.05) is 30.9 Å². The molecule has 0 bridgehead atoms. The first-order chi connectivity index (χ1) is 14.2. The van der Waals surface area contributed by atoms with Crippen LogP contribution in [0.15, 0.2) is 61.2 Å². The molecule has 2 aromatic carbocycles. The van der Waals surface area contributed by atoms with Crippen LogP contribution in [0.2, 0.25) is 0 Å². The lowest BCUT2D eigenvalue weighted by Crippen LogP contribution is -2.31. The van der Waals surface area contributed by atoms with Gasteiger partial charge in [0, 0.05) is 18.0 Å². The van der Waals surface area contributed by atoms with Crippen LogP contribution in [-0.4, -0.2) is 23.1 Å². The maximum Gasteiger partial charge on any atom is 0.416 e. The van der Waals surface area contributed by atoms with Gasteiger partial charge in [0.25, 0.3) is 5.91 Å². The van der Waals surface area contributed by atoms with E-state index in [1.165, 1.54) is 12.1 Å². The SMILES string of the molecule is C=CCOc1cccc2c1cc(C(=O)NC(C)C)n2Cc1ccc(C(F)(F)F)cc1. The molecule has 1 N–H and O–H groups in total. The number of amides is 1. The number of rotatable bonds is 7. The third-order valence-electron chi connectivity index (χ3n) is 4.54. The van der Waals surface area contributed by atoms with Crippen molar-refractivity contribution >= 4 is 16.8 Å². The van der Waals surface area contributed by atoms with Crippen LogP contribution in [0.1, 0.15) is 35.5 Å². The molecule has 0 radical (unpaired) electrons. The van der Waals surface area contributed by atoms with Crippen LogP contribution < -0.4 is 10.1 Å². The topological polar surface area (TPSA) is 43.3 Å². The first kappa shape index (κ1) is 21.5. The molecule has 3 rings (SSSR count). The molecular weight excluding hydrogens is 393 g/mol. The van der Waals surface area contributed by atoms with Crippen molar-refractivity contribution in [1.29, 1.82) is 0 Å². The predicted octanol–water partition coefficient (Wildman–Crippen LogP) is 5.41. The fourth-order valence-electron chi connectivity index (χ4n) is 3.21. The molecule has 0 spiro atoms. The van der Waals surface area contributed by atoms with Gasteiger partial charge in [0.1, 0.15) is 18.1 Å².